The molecule has 0 saturated carbocycles. The Hall–Kier alpha value is -1.29. The molecule has 0 radical (unpaired) electrons. The van der Waals surface area contributed by atoms with Crippen LogP contribution in [0.15, 0.2) is 23.0 Å². The van der Waals surface area contributed by atoms with Crippen LogP contribution >= 0.6 is 0 Å². The minimum atomic E-state index is -0.0460. The quantitative estimate of drug-likeness (QED) is 0.762. The number of hydrogen-bond acceptors (Lipinski definition) is 3. The number of carbonyl (C=O) groups is 1. The van der Waals surface area contributed by atoms with Gasteiger partial charge >= 0.3 is 0 Å². The standard InChI is InChI=1S/C10H13NO3/c12-6-9-2-1-4-11(9)10(13)8-3-5-14-7-8/h3,5,7,9,12H,1-2,4,6H2/t9-/m1/s1. The number of nitrogens with zero attached hydrogens (tertiary/aromatic N) is 1. The van der Waals surface area contributed by atoms with E-state index in [4.69, 9.17) is 9.52 Å². The smallest absolute Gasteiger partial charge is 0.257 e. The number of likely N-dealkylation sites (tertiary alicyclic amines) is 1. The third-order valence-corrected chi connectivity index (χ3v) is 2.62. The van der Waals surface area contributed by atoms with Gasteiger partial charge in [-0.3, -0.25) is 4.79 Å². The molecular formula is C10H13NO3. The van der Waals surface area contributed by atoms with E-state index in [1.54, 1.807) is 11.0 Å². The largest absolute Gasteiger partial charge is 0.472 e. The van der Waals surface area contributed by atoms with Gasteiger partial charge < -0.3 is 14.4 Å². The topological polar surface area (TPSA) is 53.7 Å². The minimum Gasteiger partial charge on any atom is -0.472 e. The first-order valence-corrected chi connectivity index (χ1v) is 4.77. The molecule has 0 aliphatic carbocycles. The minimum absolute atomic E-state index is 0.0163. The fourth-order valence-corrected chi connectivity index (χ4v) is 1.84. The average Bonchev–Trinajstić information content (AvgIpc) is 2.87. The number of rotatable bonds is 2. The fourth-order valence-electron chi connectivity index (χ4n) is 1.84. The highest BCUT2D eigenvalue weighted by Gasteiger charge is 2.28. The third-order valence-electron chi connectivity index (χ3n) is 2.62. The molecule has 1 saturated heterocycles. The Bertz CT molecular complexity index is 307. The lowest BCUT2D eigenvalue weighted by Gasteiger charge is -2.22. The molecule has 0 unspecified atom stereocenters. The normalized spacial score (nSPS) is 21.5. The van der Waals surface area contributed by atoms with Gasteiger partial charge in [0.05, 0.1) is 24.5 Å². The number of aliphatic hydroxyl groups is 1. The molecule has 1 aromatic rings. The van der Waals surface area contributed by atoms with Crippen molar-refractivity contribution >= 4 is 5.91 Å². The second-order valence-electron chi connectivity index (χ2n) is 3.49. The van der Waals surface area contributed by atoms with E-state index in [-0.39, 0.29) is 18.6 Å². The van der Waals surface area contributed by atoms with Crippen molar-refractivity contribution in [3.63, 3.8) is 0 Å². The summed E-state index contributed by atoms with van der Waals surface area (Å²) in [6.07, 6.45) is 4.78. The summed E-state index contributed by atoms with van der Waals surface area (Å²) >= 11 is 0. The van der Waals surface area contributed by atoms with Gasteiger partial charge in [-0.15, -0.1) is 0 Å². The van der Waals surface area contributed by atoms with E-state index in [1.165, 1.54) is 12.5 Å². The monoisotopic (exact) mass is 195 g/mol. The number of hydrogen-bond donors (Lipinski definition) is 1. The van der Waals surface area contributed by atoms with Crippen LogP contribution in [-0.2, 0) is 0 Å². The summed E-state index contributed by atoms with van der Waals surface area (Å²) in [5, 5.41) is 9.07. The van der Waals surface area contributed by atoms with Crippen LogP contribution in [0.4, 0.5) is 0 Å². The van der Waals surface area contributed by atoms with Crippen molar-refractivity contribution in [1.82, 2.24) is 4.90 Å². The zero-order chi connectivity index (χ0) is 9.97. The number of amides is 1. The van der Waals surface area contributed by atoms with Crippen LogP contribution in [0, 0.1) is 0 Å². The number of furan rings is 1. The lowest BCUT2D eigenvalue weighted by Crippen LogP contribution is -2.37. The van der Waals surface area contributed by atoms with Crippen molar-refractivity contribution in [3.8, 4) is 0 Å². The first kappa shape index (κ1) is 9.27. The van der Waals surface area contributed by atoms with Gasteiger partial charge in [-0.2, -0.15) is 0 Å². The second-order valence-corrected chi connectivity index (χ2v) is 3.49. The maximum Gasteiger partial charge on any atom is 0.257 e. The zero-order valence-electron chi connectivity index (χ0n) is 7.85. The van der Waals surface area contributed by atoms with Gasteiger partial charge in [0.1, 0.15) is 6.26 Å². The van der Waals surface area contributed by atoms with Gasteiger partial charge in [0.15, 0.2) is 0 Å². The predicted octanol–water partition coefficient (Wildman–Crippen LogP) is 0.876. The third kappa shape index (κ3) is 1.53. The Kier molecular flexibility index (Phi) is 2.54. The van der Waals surface area contributed by atoms with E-state index in [2.05, 4.69) is 0 Å². The van der Waals surface area contributed by atoms with Crippen molar-refractivity contribution < 1.29 is 14.3 Å². The van der Waals surface area contributed by atoms with E-state index < -0.39 is 0 Å². The lowest BCUT2D eigenvalue weighted by molar-refractivity contribution is 0.0677. The summed E-state index contributed by atoms with van der Waals surface area (Å²) < 4.78 is 4.85. The molecule has 1 atom stereocenters. The lowest BCUT2D eigenvalue weighted by atomic mass is 10.2. The molecular weight excluding hydrogens is 182 g/mol. The van der Waals surface area contributed by atoms with Crippen LogP contribution < -0.4 is 0 Å². The molecule has 1 aromatic heterocycles. The van der Waals surface area contributed by atoms with Crippen molar-refractivity contribution in [3.05, 3.63) is 24.2 Å². The highest BCUT2D eigenvalue weighted by atomic mass is 16.3. The molecule has 0 aromatic carbocycles. The molecule has 1 N–H and O–H groups in total. The molecule has 2 heterocycles. The van der Waals surface area contributed by atoms with Crippen LogP contribution in [-0.4, -0.2) is 35.1 Å². The van der Waals surface area contributed by atoms with Crippen LogP contribution in [0.25, 0.3) is 0 Å². The maximum atomic E-state index is 11.8. The summed E-state index contributed by atoms with van der Waals surface area (Å²) in [6, 6.07) is 1.63. The summed E-state index contributed by atoms with van der Waals surface area (Å²) in [4.78, 5) is 13.5. The Morgan fingerprint density at radius 2 is 2.57 bits per heavy atom. The van der Waals surface area contributed by atoms with Crippen molar-refractivity contribution in [1.29, 1.82) is 0 Å². The van der Waals surface area contributed by atoms with Crippen LogP contribution in [0.3, 0.4) is 0 Å². The molecule has 1 amide bonds. The molecule has 1 aliphatic heterocycles. The molecule has 4 heteroatoms. The van der Waals surface area contributed by atoms with E-state index in [9.17, 15) is 4.79 Å². The highest BCUT2D eigenvalue weighted by Crippen LogP contribution is 2.19. The Labute approximate surface area is 82.1 Å². The summed E-state index contributed by atoms with van der Waals surface area (Å²) in [5.74, 6) is -0.0460. The van der Waals surface area contributed by atoms with E-state index in [0.29, 0.717) is 5.56 Å². The Balaban J connectivity index is 2.11. The van der Waals surface area contributed by atoms with Gasteiger partial charge in [0.25, 0.3) is 5.91 Å². The number of aliphatic hydroxyl groups excluding tert-OH is 1. The van der Waals surface area contributed by atoms with Crippen LogP contribution in [0.1, 0.15) is 23.2 Å². The molecule has 14 heavy (non-hydrogen) atoms. The van der Waals surface area contributed by atoms with Gasteiger partial charge in [0.2, 0.25) is 0 Å². The van der Waals surface area contributed by atoms with E-state index >= 15 is 0 Å². The van der Waals surface area contributed by atoms with Crippen molar-refractivity contribution in [2.75, 3.05) is 13.2 Å². The van der Waals surface area contributed by atoms with Crippen molar-refractivity contribution in [2.24, 2.45) is 0 Å². The van der Waals surface area contributed by atoms with Gasteiger partial charge in [-0.05, 0) is 18.9 Å². The molecule has 0 bridgehead atoms. The van der Waals surface area contributed by atoms with E-state index in [1.807, 2.05) is 0 Å². The highest BCUT2D eigenvalue weighted by molar-refractivity contribution is 5.94. The summed E-state index contributed by atoms with van der Waals surface area (Å²) in [6.45, 7) is 0.777. The zero-order valence-corrected chi connectivity index (χ0v) is 7.85. The molecule has 2 rings (SSSR count). The maximum absolute atomic E-state index is 11.8. The fraction of sp³-hybridized carbons (Fsp3) is 0.500. The van der Waals surface area contributed by atoms with Gasteiger partial charge in [-0.25, -0.2) is 0 Å². The average molecular weight is 195 g/mol. The van der Waals surface area contributed by atoms with Crippen LogP contribution in [0.2, 0.25) is 0 Å². The second kappa shape index (κ2) is 3.84. The first-order chi connectivity index (χ1) is 6.83. The summed E-state index contributed by atoms with van der Waals surface area (Å²) in [7, 11) is 0. The van der Waals surface area contributed by atoms with Gasteiger partial charge in [0, 0.05) is 6.54 Å². The van der Waals surface area contributed by atoms with Crippen molar-refractivity contribution in [2.45, 2.75) is 18.9 Å². The molecule has 1 fully saturated rings. The van der Waals surface area contributed by atoms with Crippen LogP contribution in [0.5, 0.6) is 0 Å². The Morgan fingerprint density at radius 1 is 1.71 bits per heavy atom. The molecule has 1 aliphatic rings. The SMILES string of the molecule is O=C(c1ccoc1)N1CCC[C@@H]1CO. The van der Waals surface area contributed by atoms with Gasteiger partial charge in [-0.1, -0.05) is 0 Å². The summed E-state index contributed by atoms with van der Waals surface area (Å²) in [5.41, 5.74) is 0.561. The number of carbonyl (C=O) groups excluding carboxylic acids is 1. The predicted molar refractivity (Wildman–Crippen MR) is 49.9 cm³/mol. The molecule has 76 valence electrons. The Morgan fingerprint density at radius 3 is 3.21 bits per heavy atom. The molecule has 4 nitrogen and oxygen atoms in total. The first-order valence-electron chi connectivity index (χ1n) is 4.77. The van der Waals surface area contributed by atoms with E-state index in [0.717, 1.165) is 19.4 Å². The molecule has 0 spiro atoms.